The number of hydrogen-bond donors (Lipinski definition) is 0. The molecule has 0 spiro atoms. The molecule has 0 unspecified atom stereocenters. The van der Waals surface area contributed by atoms with Gasteiger partial charge in [-0.1, -0.05) is 29.8 Å². The Labute approximate surface area is 181 Å². The fourth-order valence-corrected chi connectivity index (χ4v) is 4.29. The maximum absolute atomic E-state index is 13.4. The van der Waals surface area contributed by atoms with E-state index in [9.17, 15) is 9.59 Å². The van der Waals surface area contributed by atoms with Crippen molar-refractivity contribution in [3.63, 3.8) is 0 Å². The van der Waals surface area contributed by atoms with Gasteiger partial charge in [-0.05, 0) is 38.5 Å². The van der Waals surface area contributed by atoms with Crippen LogP contribution in [0.1, 0.15) is 35.5 Å². The Morgan fingerprint density at radius 1 is 1.23 bits per heavy atom. The van der Waals surface area contributed by atoms with Gasteiger partial charge in [0.2, 0.25) is 11.6 Å². The minimum atomic E-state index is -0.562. The van der Waals surface area contributed by atoms with Crippen molar-refractivity contribution < 1.29 is 14.0 Å². The summed E-state index contributed by atoms with van der Waals surface area (Å²) >= 11 is 5.98. The standard InChI is InChI=1S/C23H26ClN3O3/c1-15-5-4-6-18(11-15)14-27-20(12-19-7-10-30-23(19)27)22(29)25-8-9-26(16(2)13-25)21(28)17(3)24/h4-7,10-12,16-17H,8-9,13-14H2,1-3H3/t16-,17-/m0/s1. The lowest BCUT2D eigenvalue weighted by atomic mass is 10.1. The smallest absolute Gasteiger partial charge is 0.270 e. The molecule has 3 aromatic rings. The first-order chi connectivity index (χ1) is 14.3. The highest BCUT2D eigenvalue weighted by atomic mass is 35.5. The zero-order chi connectivity index (χ0) is 21.4. The molecule has 2 aromatic heterocycles. The highest BCUT2D eigenvalue weighted by Gasteiger charge is 2.33. The number of alkyl halides is 1. The van der Waals surface area contributed by atoms with Gasteiger partial charge >= 0.3 is 0 Å². The highest BCUT2D eigenvalue weighted by Crippen LogP contribution is 2.25. The average molecular weight is 428 g/mol. The summed E-state index contributed by atoms with van der Waals surface area (Å²) in [7, 11) is 0. The monoisotopic (exact) mass is 427 g/mol. The topological polar surface area (TPSA) is 58.7 Å². The van der Waals surface area contributed by atoms with Gasteiger partial charge in [-0.3, -0.25) is 9.59 Å². The van der Waals surface area contributed by atoms with Gasteiger partial charge in [-0.2, -0.15) is 0 Å². The lowest BCUT2D eigenvalue weighted by Crippen LogP contribution is -2.56. The van der Waals surface area contributed by atoms with Crippen LogP contribution in [0, 0.1) is 6.92 Å². The number of hydrogen-bond acceptors (Lipinski definition) is 3. The van der Waals surface area contributed by atoms with Gasteiger partial charge in [0.15, 0.2) is 0 Å². The fourth-order valence-electron chi connectivity index (χ4n) is 4.16. The zero-order valence-electron chi connectivity index (χ0n) is 17.5. The van der Waals surface area contributed by atoms with Crippen LogP contribution in [0.25, 0.3) is 11.1 Å². The first-order valence-corrected chi connectivity index (χ1v) is 10.6. The van der Waals surface area contributed by atoms with Crippen LogP contribution < -0.4 is 0 Å². The van der Waals surface area contributed by atoms with Crippen LogP contribution in [0.4, 0.5) is 0 Å². The third kappa shape index (κ3) is 3.84. The number of carbonyl (C=O) groups excluding carboxylic acids is 2. The SMILES string of the molecule is Cc1cccc(Cn2c(C(=O)N3CCN(C(=O)[C@H](C)Cl)[C@@H](C)C3)cc3ccoc32)c1. The van der Waals surface area contributed by atoms with E-state index in [1.807, 2.05) is 34.6 Å². The number of amides is 2. The van der Waals surface area contributed by atoms with Crippen molar-refractivity contribution in [2.45, 2.75) is 38.7 Å². The molecular formula is C23H26ClN3O3. The number of piperazine rings is 1. The molecule has 158 valence electrons. The zero-order valence-corrected chi connectivity index (χ0v) is 18.2. The molecule has 2 amide bonds. The maximum atomic E-state index is 13.4. The van der Waals surface area contributed by atoms with Crippen molar-refractivity contribution in [1.82, 2.24) is 14.4 Å². The predicted octanol–water partition coefficient (Wildman–Crippen LogP) is 3.89. The van der Waals surface area contributed by atoms with Crippen LogP contribution in [-0.4, -0.2) is 57.2 Å². The Kier molecular flexibility index (Phi) is 5.60. The van der Waals surface area contributed by atoms with E-state index >= 15 is 0 Å². The molecule has 0 saturated carbocycles. The number of aryl methyl sites for hydroxylation is 1. The summed E-state index contributed by atoms with van der Waals surface area (Å²) in [6.45, 7) is 7.68. The Morgan fingerprint density at radius 3 is 2.73 bits per heavy atom. The number of nitrogens with zero attached hydrogens (tertiary/aromatic N) is 3. The first kappa shape index (κ1) is 20.5. The summed E-state index contributed by atoms with van der Waals surface area (Å²) in [4.78, 5) is 29.3. The van der Waals surface area contributed by atoms with Gasteiger partial charge in [-0.25, -0.2) is 0 Å². The number of aromatic nitrogens is 1. The van der Waals surface area contributed by atoms with Crippen molar-refractivity contribution in [1.29, 1.82) is 0 Å². The Hall–Kier alpha value is -2.73. The quantitative estimate of drug-likeness (QED) is 0.593. The van der Waals surface area contributed by atoms with E-state index in [4.69, 9.17) is 16.0 Å². The average Bonchev–Trinajstić information content (AvgIpc) is 3.29. The van der Waals surface area contributed by atoms with Crippen molar-refractivity contribution >= 4 is 34.5 Å². The maximum Gasteiger partial charge on any atom is 0.270 e. The van der Waals surface area contributed by atoms with Crippen LogP contribution in [0.3, 0.4) is 0 Å². The van der Waals surface area contributed by atoms with Crippen LogP contribution >= 0.6 is 11.6 Å². The van der Waals surface area contributed by atoms with Gasteiger partial charge in [0.1, 0.15) is 11.1 Å². The summed E-state index contributed by atoms with van der Waals surface area (Å²) in [6.07, 6.45) is 1.64. The number of furan rings is 1. The van der Waals surface area contributed by atoms with Gasteiger partial charge < -0.3 is 18.8 Å². The Balaban J connectivity index is 1.60. The molecule has 6 nitrogen and oxygen atoms in total. The van der Waals surface area contributed by atoms with E-state index in [-0.39, 0.29) is 17.9 Å². The summed E-state index contributed by atoms with van der Waals surface area (Å²) in [6, 6.07) is 11.9. The summed E-state index contributed by atoms with van der Waals surface area (Å²) in [5.41, 5.74) is 3.57. The van der Waals surface area contributed by atoms with E-state index < -0.39 is 5.38 Å². The molecule has 2 atom stereocenters. The molecule has 30 heavy (non-hydrogen) atoms. The second-order valence-electron chi connectivity index (χ2n) is 8.03. The lowest BCUT2D eigenvalue weighted by Gasteiger charge is -2.40. The van der Waals surface area contributed by atoms with Crippen molar-refractivity contribution in [2.24, 2.45) is 0 Å². The highest BCUT2D eigenvalue weighted by molar-refractivity contribution is 6.30. The summed E-state index contributed by atoms with van der Waals surface area (Å²) in [5.74, 6) is -0.136. The van der Waals surface area contributed by atoms with Crippen molar-refractivity contribution in [3.8, 4) is 0 Å². The molecule has 1 aliphatic heterocycles. The molecule has 3 heterocycles. The molecule has 4 rings (SSSR count). The first-order valence-electron chi connectivity index (χ1n) is 10.2. The molecule has 0 radical (unpaired) electrons. The van der Waals surface area contributed by atoms with Crippen LogP contribution in [-0.2, 0) is 11.3 Å². The van der Waals surface area contributed by atoms with E-state index in [0.717, 1.165) is 10.9 Å². The third-order valence-electron chi connectivity index (χ3n) is 5.68. The predicted molar refractivity (Wildman–Crippen MR) is 117 cm³/mol. The van der Waals surface area contributed by atoms with E-state index in [2.05, 4.69) is 25.1 Å². The largest absolute Gasteiger partial charge is 0.448 e. The normalized spacial score (nSPS) is 18.1. The molecular weight excluding hydrogens is 402 g/mol. The van der Waals surface area contributed by atoms with Gasteiger partial charge in [0, 0.05) is 31.1 Å². The van der Waals surface area contributed by atoms with E-state index in [1.165, 1.54) is 5.56 Å². The molecule has 1 aliphatic rings. The number of fused-ring (bicyclic) bond motifs is 1. The molecule has 0 aliphatic carbocycles. The van der Waals surface area contributed by atoms with Crippen molar-refractivity contribution in [2.75, 3.05) is 19.6 Å². The second kappa shape index (κ2) is 8.19. The van der Waals surface area contributed by atoms with Crippen LogP contribution in [0.15, 0.2) is 47.1 Å². The number of rotatable bonds is 4. The molecule has 1 fully saturated rings. The fraction of sp³-hybridized carbons (Fsp3) is 0.391. The second-order valence-corrected chi connectivity index (χ2v) is 8.69. The lowest BCUT2D eigenvalue weighted by molar-refractivity contribution is -0.134. The summed E-state index contributed by atoms with van der Waals surface area (Å²) < 4.78 is 7.63. The number of halogens is 1. The minimum absolute atomic E-state index is 0.0491. The van der Waals surface area contributed by atoms with Gasteiger partial charge in [0.25, 0.3) is 5.91 Å². The third-order valence-corrected chi connectivity index (χ3v) is 5.87. The Bertz CT molecular complexity index is 1080. The molecule has 1 aromatic carbocycles. The minimum Gasteiger partial charge on any atom is -0.448 e. The Morgan fingerprint density at radius 2 is 2.03 bits per heavy atom. The van der Waals surface area contributed by atoms with Crippen LogP contribution in [0.2, 0.25) is 0 Å². The molecule has 0 bridgehead atoms. The molecule has 0 N–H and O–H groups in total. The van der Waals surface area contributed by atoms with E-state index in [1.54, 1.807) is 18.1 Å². The number of benzene rings is 1. The van der Waals surface area contributed by atoms with Crippen molar-refractivity contribution in [3.05, 3.63) is 59.5 Å². The van der Waals surface area contributed by atoms with Gasteiger partial charge in [0.05, 0.1) is 12.8 Å². The van der Waals surface area contributed by atoms with E-state index in [0.29, 0.717) is 37.6 Å². The number of carbonyl (C=O) groups is 2. The van der Waals surface area contributed by atoms with Gasteiger partial charge in [-0.15, -0.1) is 11.6 Å². The molecule has 1 saturated heterocycles. The van der Waals surface area contributed by atoms with Crippen LogP contribution in [0.5, 0.6) is 0 Å². The summed E-state index contributed by atoms with van der Waals surface area (Å²) in [5, 5.41) is 0.344. The molecule has 7 heteroatoms.